The standard InChI is InChI=1S/C34H38P.HI/c1-3-12-27-19-21-28(22-20-27)29-23-25-30(26-24-29)33-17-10-11-18-34(33)35(2,31-13-6-4-7-14-31)32-15-8-5-9-16-32;/h4-11,13-18,23-28H,3,12,19-22H2,1-2H3;1H/q+1;/p-1. The second-order valence-electron chi connectivity index (χ2n) is 10.3. The van der Waals surface area contributed by atoms with Crippen LogP contribution in [0.3, 0.4) is 0 Å². The minimum atomic E-state index is -1.78. The third-order valence-corrected chi connectivity index (χ3v) is 12.2. The van der Waals surface area contributed by atoms with Gasteiger partial charge in [0.15, 0.2) is 0 Å². The van der Waals surface area contributed by atoms with Crippen molar-refractivity contribution < 1.29 is 24.0 Å². The second kappa shape index (κ2) is 12.5. The third-order valence-electron chi connectivity index (χ3n) is 8.17. The first kappa shape index (κ1) is 27.1. The largest absolute Gasteiger partial charge is 1.00 e. The highest BCUT2D eigenvalue weighted by Gasteiger charge is 2.41. The van der Waals surface area contributed by atoms with Gasteiger partial charge in [-0.2, -0.15) is 0 Å². The Labute approximate surface area is 235 Å². The minimum Gasteiger partial charge on any atom is -1.00 e. The molecule has 0 amide bonds. The van der Waals surface area contributed by atoms with Gasteiger partial charge in [0.2, 0.25) is 0 Å². The minimum absolute atomic E-state index is 0. The molecule has 0 saturated heterocycles. The van der Waals surface area contributed by atoms with Crippen LogP contribution >= 0.6 is 7.26 Å². The average molecular weight is 605 g/mol. The van der Waals surface area contributed by atoms with Crippen LogP contribution in [-0.2, 0) is 0 Å². The van der Waals surface area contributed by atoms with Gasteiger partial charge in [0, 0.05) is 5.56 Å². The van der Waals surface area contributed by atoms with Gasteiger partial charge in [0.05, 0.1) is 6.66 Å². The van der Waals surface area contributed by atoms with Crippen LogP contribution in [0.15, 0.2) is 109 Å². The van der Waals surface area contributed by atoms with Crippen molar-refractivity contribution in [3.8, 4) is 11.1 Å². The van der Waals surface area contributed by atoms with Crippen LogP contribution < -0.4 is 39.9 Å². The van der Waals surface area contributed by atoms with Gasteiger partial charge in [0.25, 0.3) is 0 Å². The first-order valence-corrected chi connectivity index (χ1v) is 15.6. The van der Waals surface area contributed by atoms with Gasteiger partial charge >= 0.3 is 0 Å². The molecule has 4 aromatic rings. The molecular formula is C34H38IP. The maximum atomic E-state index is 2.49. The van der Waals surface area contributed by atoms with Crippen LogP contribution in [0.4, 0.5) is 0 Å². The molecule has 0 N–H and O–H groups in total. The Hall–Kier alpha value is -1.96. The summed E-state index contributed by atoms with van der Waals surface area (Å²) >= 11 is 0. The molecule has 2 heteroatoms. The predicted octanol–water partition coefficient (Wildman–Crippen LogP) is 5.36. The van der Waals surface area contributed by atoms with Crippen molar-refractivity contribution in [2.75, 3.05) is 6.66 Å². The van der Waals surface area contributed by atoms with Gasteiger partial charge in [-0.15, -0.1) is 0 Å². The van der Waals surface area contributed by atoms with Crippen molar-refractivity contribution in [2.45, 2.75) is 51.4 Å². The molecule has 36 heavy (non-hydrogen) atoms. The molecule has 0 aliphatic heterocycles. The zero-order valence-corrected chi connectivity index (χ0v) is 24.7. The molecule has 0 nitrogen and oxygen atoms in total. The van der Waals surface area contributed by atoms with Gasteiger partial charge in [-0.25, -0.2) is 0 Å². The van der Waals surface area contributed by atoms with E-state index in [2.05, 4.69) is 123 Å². The third kappa shape index (κ3) is 5.63. The van der Waals surface area contributed by atoms with Crippen LogP contribution in [-0.4, -0.2) is 6.66 Å². The van der Waals surface area contributed by atoms with Crippen LogP contribution in [0.2, 0.25) is 0 Å². The van der Waals surface area contributed by atoms with Crippen molar-refractivity contribution in [1.82, 2.24) is 0 Å². The van der Waals surface area contributed by atoms with Crippen molar-refractivity contribution in [3.63, 3.8) is 0 Å². The summed E-state index contributed by atoms with van der Waals surface area (Å²) < 4.78 is 0. The van der Waals surface area contributed by atoms with Crippen LogP contribution in [0.5, 0.6) is 0 Å². The molecule has 4 aromatic carbocycles. The van der Waals surface area contributed by atoms with Gasteiger partial charge in [-0.1, -0.05) is 98.6 Å². The van der Waals surface area contributed by atoms with E-state index in [4.69, 9.17) is 0 Å². The molecule has 0 aromatic heterocycles. The molecule has 0 spiro atoms. The van der Waals surface area contributed by atoms with Crippen molar-refractivity contribution >= 4 is 23.2 Å². The molecule has 0 unspecified atom stereocenters. The van der Waals surface area contributed by atoms with Gasteiger partial charge in [-0.05, 0) is 79.0 Å². The molecule has 1 saturated carbocycles. The van der Waals surface area contributed by atoms with E-state index in [0.717, 1.165) is 11.8 Å². The molecule has 0 heterocycles. The Morgan fingerprint density at radius 2 is 1.17 bits per heavy atom. The molecule has 0 bridgehead atoms. The fourth-order valence-electron chi connectivity index (χ4n) is 6.11. The fraction of sp³-hybridized carbons (Fsp3) is 0.294. The number of hydrogen-bond acceptors (Lipinski definition) is 0. The maximum absolute atomic E-state index is 2.49. The Bertz CT molecular complexity index is 1170. The molecule has 186 valence electrons. The topological polar surface area (TPSA) is 0 Å². The zero-order chi connectivity index (χ0) is 24.1. The molecule has 1 fully saturated rings. The maximum Gasteiger partial charge on any atom is 0.112 e. The van der Waals surface area contributed by atoms with Gasteiger partial charge < -0.3 is 24.0 Å². The van der Waals surface area contributed by atoms with E-state index in [0.29, 0.717) is 0 Å². The lowest BCUT2D eigenvalue weighted by Crippen LogP contribution is -3.00. The Kier molecular flexibility index (Phi) is 9.42. The van der Waals surface area contributed by atoms with E-state index in [1.165, 1.54) is 71.1 Å². The van der Waals surface area contributed by atoms with Crippen molar-refractivity contribution in [2.24, 2.45) is 5.92 Å². The van der Waals surface area contributed by atoms with Crippen LogP contribution in [0.25, 0.3) is 11.1 Å². The highest BCUT2D eigenvalue weighted by molar-refractivity contribution is 7.95. The predicted molar refractivity (Wildman–Crippen MR) is 156 cm³/mol. The van der Waals surface area contributed by atoms with Crippen LogP contribution in [0.1, 0.15) is 56.9 Å². The highest BCUT2D eigenvalue weighted by atomic mass is 127. The summed E-state index contributed by atoms with van der Waals surface area (Å²) in [6.07, 6.45) is 8.25. The monoisotopic (exact) mass is 604 g/mol. The SMILES string of the molecule is CCCC1CCC(c2ccc(-c3ccccc3[P+](C)(c3ccccc3)c3ccccc3)cc2)CC1.[I-]. The highest BCUT2D eigenvalue weighted by Crippen LogP contribution is 2.53. The molecular weight excluding hydrogens is 566 g/mol. The lowest BCUT2D eigenvalue weighted by Gasteiger charge is -2.29. The van der Waals surface area contributed by atoms with E-state index in [1.807, 2.05) is 0 Å². The van der Waals surface area contributed by atoms with Crippen LogP contribution in [0, 0.1) is 5.92 Å². The van der Waals surface area contributed by atoms with Gasteiger partial charge in [-0.3, -0.25) is 0 Å². The number of halogens is 1. The molecule has 1 aliphatic rings. The summed E-state index contributed by atoms with van der Waals surface area (Å²) in [5.41, 5.74) is 4.24. The first-order chi connectivity index (χ1) is 17.2. The molecule has 0 radical (unpaired) electrons. The summed E-state index contributed by atoms with van der Waals surface area (Å²) in [7, 11) is -1.78. The number of rotatable bonds is 7. The van der Waals surface area contributed by atoms with E-state index < -0.39 is 7.26 Å². The lowest BCUT2D eigenvalue weighted by molar-refractivity contribution is -0.00000699. The van der Waals surface area contributed by atoms with E-state index >= 15 is 0 Å². The Morgan fingerprint density at radius 3 is 1.72 bits per heavy atom. The first-order valence-electron chi connectivity index (χ1n) is 13.4. The summed E-state index contributed by atoms with van der Waals surface area (Å²) in [5.74, 6) is 1.69. The summed E-state index contributed by atoms with van der Waals surface area (Å²) in [6.45, 7) is 4.81. The quantitative estimate of drug-likeness (QED) is 0.197. The van der Waals surface area contributed by atoms with E-state index in [-0.39, 0.29) is 24.0 Å². The Balaban J connectivity index is 0.00000304. The fourth-order valence-corrected chi connectivity index (χ4v) is 9.58. The summed E-state index contributed by atoms with van der Waals surface area (Å²) in [4.78, 5) is 0. The summed E-state index contributed by atoms with van der Waals surface area (Å²) in [6, 6.07) is 40.9. The van der Waals surface area contributed by atoms with E-state index in [9.17, 15) is 0 Å². The van der Waals surface area contributed by atoms with Crippen molar-refractivity contribution in [1.29, 1.82) is 0 Å². The molecule has 1 aliphatic carbocycles. The average Bonchev–Trinajstić information content (AvgIpc) is 2.94. The number of hydrogen-bond donors (Lipinski definition) is 0. The lowest BCUT2D eigenvalue weighted by atomic mass is 9.77. The molecule has 0 atom stereocenters. The molecule has 5 rings (SSSR count). The number of benzene rings is 4. The second-order valence-corrected chi connectivity index (χ2v) is 13.8. The zero-order valence-electron chi connectivity index (χ0n) is 21.6. The normalized spacial score (nSPS) is 17.8. The Morgan fingerprint density at radius 1 is 0.639 bits per heavy atom. The van der Waals surface area contributed by atoms with E-state index in [1.54, 1.807) is 0 Å². The van der Waals surface area contributed by atoms with Crippen molar-refractivity contribution in [3.05, 3.63) is 115 Å². The van der Waals surface area contributed by atoms with Gasteiger partial charge in [0.1, 0.15) is 23.2 Å². The smallest absolute Gasteiger partial charge is 0.112 e. The summed E-state index contributed by atoms with van der Waals surface area (Å²) in [5, 5.41) is 4.32.